The van der Waals surface area contributed by atoms with Gasteiger partial charge in [0.2, 0.25) is 6.39 Å². The molecule has 1 aliphatic rings. The second-order valence-corrected chi connectivity index (χ2v) is 6.43. The smallest absolute Gasteiger partial charge is 0.213 e. The first-order chi connectivity index (χ1) is 9.17. The molecular weight excluding hydrogens is 266 g/mol. The van der Waals surface area contributed by atoms with E-state index in [-0.39, 0.29) is 11.8 Å². The molecule has 7 heteroatoms. The van der Waals surface area contributed by atoms with Crippen LogP contribution in [0.4, 0.5) is 0 Å². The zero-order valence-corrected chi connectivity index (χ0v) is 10.9. The third-order valence-corrected chi connectivity index (χ3v) is 4.98. The third kappa shape index (κ3) is 2.39. The van der Waals surface area contributed by atoms with Gasteiger partial charge in [-0.2, -0.15) is 4.98 Å². The summed E-state index contributed by atoms with van der Waals surface area (Å²) < 4.78 is 28.6. The van der Waals surface area contributed by atoms with Gasteiger partial charge in [0.25, 0.3) is 0 Å². The minimum absolute atomic E-state index is 0.110. The highest BCUT2D eigenvalue weighted by atomic mass is 32.2. The van der Waals surface area contributed by atoms with E-state index in [1.54, 1.807) is 12.1 Å². The minimum Gasteiger partial charge on any atom is -0.343 e. The van der Waals surface area contributed by atoms with Crippen LogP contribution in [0.5, 0.6) is 0 Å². The largest absolute Gasteiger partial charge is 0.343 e. The number of sulfone groups is 1. The number of rotatable bonds is 4. The molecule has 0 saturated carbocycles. The number of nitrogens with one attached hydrogen (secondary N) is 1. The van der Waals surface area contributed by atoms with Gasteiger partial charge in [-0.05, 0) is 11.6 Å². The lowest BCUT2D eigenvalue weighted by Gasteiger charge is -2.11. The number of aromatic nitrogens is 2. The first-order valence-electron chi connectivity index (χ1n) is 5.97. The van der Waals surface area contributed by atoms with E-state index in [9.17, 15) is 8.42 Å². The van der Waals surface area contributed by atoms with Gasteiger partial charge in [0.1, 0.15) is 0 Å². The summed E-state index contributed by atoms with van der Waals surface area (Å²) in [4.78, 5) is 4.35. The molecule has 2 aromatic rings. The summed E-state index contributed by atoms with van der Waals surface area (Å²) in [7, 11) is -3.15. The van der Waals surface area contributed by atoms with E-state index in [1.807, 2.05) is 12.1 Å². The quantitative estimate of drug-likeness (QED) is 0.888. The Morgan fingerprint density at radius 1 is 1.37 bits per heavy atom. The maximum Gasteiger partial charge on any atom is 0.213 e. The Bertz CT molecular complexity index is 667. The summed E-state index contributed by atoms with van der Waals surface area (Å²) in [6, 6.07) is 6.95. The van der Waals surface area contributed by atoms with Crippen molar-refractivity contribution in [3.63, 3.8) is 0 Å². The Morgan fingerprint density at radius 3 is 3.00 bits per heavy atom. The van der Waals surface area contributed by atoms with Crippen LogP contribution < -0.4 is 5.32 Å². The van der Waals surface area contributed by atoms with Gasteiger partial charge in [0, 0.05) is 19.0 Å². The Balaban J connectivity index is 1.70. The van der Waals surface area contributed by atoms with Crippen LogP contribution in [0.25, 0.3) is 0 Å². The summed E-state index contributed by atoms with van der Waals surface area (Å²) in [5.41, 5.74) is 0.843. The number of nitrogens with zero attached hydrogens (tertiary/aromatic N) is 2. The van der Waals surface area contributed by atoms with Crippen molar-refractivity contribution in [1.29, 1.82) is 0 Å². The summed E-state index contributed by atoms with van der Waals surface area (Å²) >= 11 is 0. The molecule has 0 fully saturated rings. The normalized spacial score (nSPS) is 20.3. The van der Waals surface area contributed by atoms with Crippen LogP contribution in [0.3, 0.4) is 0 Å². The molecule has 0 saturated heterocycles. The lowest BCUT2D eigenvalue weighted by atomic mass is 10.1. The molecule has 100 valence electrons. The molecule has 6 nitrogen and oxygen atoms in total. The second-order valence-electron chi connectivity index (χ2n) is 4.42. The van der Waals surface area contributed by atoms with Crippen molar-refractivity contribution in [2.75, 3.05) is 12.3 Å². The molecule has 0 aliphatic carbocycles. The van der Waals surface area contributed by atoms with E-state index >= 15 is 0 Å². The topological polar surface area (TPSA) is 85.1 Å². The summed E-state index contributed by atoms with van der Waals surface area (Å²) in [5.74, 6) is 0.722. The van der Waals surface area contributed by atoms with Gasteiger partial charge in [-0.3, -0.25) is 0 Å². The van der Waals surface area contributed by atoms with Crippen LogP contribution in [0.15, 0.2) is 40.1 Å². The van der Waals surface area contributed by atoms with E-state index in [1.165, 1.54) is 6.39 Å². The van der Waals surface area contributed by atoms with E-state index in [4.69, 9.17) is 0 Å². The van der Waals surface area contributed by atoms with Gasteiger partial charge in [0.15, 0.2) is 15.7 Å². The zero-order chi connectivity index (χ0) is 13.3. The number of hydrogen-bond acceptors (Lipinski definition) is 6. The van der Waals surface area contributed by atoms with Gasteiger partial charge in [-0.25, -0.2) is 8.42 Å². The van der Waals surface area contributed by atoms with Crippen molar-refractivity contribution in [3.05, 3.63) is 42.0 Å². The van der Waals surface area contributed by atoms with Crippen LogP contribution in [-0.4, -0.2) is 30.9 Å². The molecule has 0 amide bonds. The molecular formula is C12H13N3O3S. The van der Waals surface area contributed by atoms with Gasteiger partial charge >= 0.3 is 0 Å². The van der Waals surface area contributed by atoms with Crippen molar-refractivity contribution in [3.8, 4) is 0 Å². The van der Waals surface area contributed by atoms with Crippen LogP contribution in [-0.2, 0) is 16.3 Å². The van der Waals surface area contributed by atoms with Gasteiger partial charge in [0.05, 0.1) is 10.6 Å². The lowest BCUT2D eigenvalue weighted by molar-refractivity contribution is 0.408. The first kappa shape index (κ1) is 12.3. The molecule has 0 bridgehead atoms. The number of hydrogen-bond donors (Lipinski definition) is 1. The highest BCUT2D eigenvalue weighted by Gasteiger charge is 2.33. The molecule has 1 unspecified atom stereocenters. The highest BCUT2D eigenvalue weighted by Crippen LogP contribution is 2.32. The Kier molecular flexibility index (Phi) is 3.08. The Hall–Kier alpha value is -1.73. The third-order valence-electron chi connectivity index (χ3n) is 3.16. The molecule has 19 heavy (non-hydrogen) atoms. The maximum absolute atomic E-state index is 12.0. The fourth-order valence-electron chi connectivity index (χ4n) is 2.28. The average Bonchev–Trinajstić information content (AvgIpc) is 2.98. The molecule has 2 heterocycles. The number of benzene rings is 1. The fraction of sp³-hybridized carbons (Fsp3) is 0.333. The molecule has 1 atom stereocenters. The van der Waals surface area contributed by atoms with Crippen molar-refractivity contribution in [1.82, 2.24) is 15.5 Å². The van der Waals surface area contributed by atoms with Crippen molar-refractivity contribution >= 4 is 9.84 Å². The van der Waals surface area contributed by atoms with Crippen LogP contribution in [0, 0.1) is 0 Å². The molecule has 3 rings (SSSR count). The van der Waals surface area contributed by atoms with E-state index in [0.29, 0.717) is 23.7 Å². The standard InChI is InChI=1S/C12H13N3O3S/c16-19(17)7-10(9-3-1-2-4-11(9)19)13-6-5-12-14-8-18-15-12/h1-4,8,10,13H,5-7H2. The van der Waals surface area contributed by atoms with E-state index in [2.05, 4.69) is 20.0 Å². The van der Waals surface area contributed by atoms with Crippen molar-refractivity contribution in [2.45, 2.75) is 17.4 Å². The predicted octanol–water partition coefficient (Wildman–Crippen LogP) is 0.730. The monoisotopic (exact) mass is 279 g/mol. The van der Waals surface area contributed by atoms with Crippen LogP contribution >= 0.6 is 0 Å². The van der Waals surface area contributed by atoms with Crippen molar-refractivity contribution < 1.29 is 12.9 Å². The second kappa shape index (κ2) is 4.75. The van der Waals surface area contributed by atoms with Crippen LogP contribution in [0.2, 0.25) is 0 Å². The maximum atomic E-state index is 12.0. The molecule has 0 radical (unpaired) electrons. The number of fused-ring (bicyclic) bond motifs is 1. The molecule has 1 N–H and O–H groups in total. The lowest BCUT2D eigenvalue weighted by Crippen LogP contribution is -2.25. The Morgan fingerprint density at radius 2 is 2.21 bits per heavy atom. The summed E-state index contributed by atoms with van der Waals surface area (Å²) in [6.07, 6.45) is 1.89. The molecule has 0 spiro atoms. The van der Waals surface area contributed by atoms with Crippen molar-refractivity contribution in [2.24, 2.45) is 0 Å². The Labute approximate surface area is 110 Å². The highest BCUT2D eigenvalue weighted by molar-refractivity contribution is 7.91. The molecule has 1 aromatic carbocycles. The van der Waals surface area contributed by atoms with Gasteiger partial charge in [-0.15, -0.1) is 0 Å². The van der Waals surface area contributed by atoms with Gasteiger partial charge < -0.3 is 9.84 Å². The first-order valence-corrected chi connectivity index (χ1v) is 7.62. The van der Waals surface area contributed by atoms with E-state index in [0.717, 1.165) is 5.56 Å². The predicted molar refractivity (Wildman–Crippen MR) is 67.2 cm³/mol. The van der Waals surface area contributed by atoms with E-state index < -0.39 is 9.84 Å². The van der Waals surface area contributed by atoms with Gasteiger partial charge in [-0.1, -0.05) is 23.4 Å². The van der Waals surface area contributed by atoms with Crippen LogP contribution in [0.1, 0.15) is 17.4 Å². The minimum atomic E-state index is -3.15. The fourth-order valence-corrected chi connectivity index (χ4v) is 4.05. The SMILES string of the molecule is O=S1(=O)CC(NCCc2ncon2)c2ccccc21. The zero-order valence-electron chi connectivity index (χ0n) is 10.1. The summed E-state index contributed by atoms with van der Waals surface area (Å²) in [5, 5.41) is 6.94. The molecule has 1 aliphatic heterocycles. The summed E-state index contributed by atoms with van der Waals surface area (Å²) in [6.45, 7) is 0.605. The average molecular weight is 279 g/mol. The molecule has 1 aromatic heterocycles.